The monoisotopic (exact) mass is 737 g/mol. The van der Waals surface area contributed by atoms with Gasteiger partial charge in [0.15, 0.2) is 0 Å². The molecule has 0 saturated carbocycles. The summed E-state index contributed by atoms with van der Waals surface area (Å²) in [6, 6.07) is 67.7. The fourth-order valence-electron chi connectivity index (χ4n) is 5.94. The van der Waals surface area contributed by atoms with Crippen molar-refractivity contribution in [1.82, 2.24) is 0 Å². The molecular formula is C41H39BP3Ru. The van der Waals surface area contributed by atoms with E-state index in [0.29, 0.717) is 0 Å². The molecule has 0 aliphatic rings. The summed E-state index contributed by atoms with van der Waals surface area (Å²) < 4.78 is 0. The molecule has 5 heteroatoms. The minimum atomic E-state index is -0.555. The average Bonchev–Trinajstić information content (AvgIpc) is 3.11. The first kappa shape index (κ1) is 36.1. The van der Waals surface area contributed by atoms with Gasteiger partial charge in [0.2, 0.25) is 0 Å². The van der Waals surface area contributed by atoms with Gasteiger partial charge >= 0.3 is 19.5 Å². The molecule has 0 amide bonds. The van der Waals surface area contributed by atoms with Crippen molar-refractivity contribution < 1.29 is 19.5 Å². The Labute approximate surface area is 294 Å². The first-order valence-electron chi connectivity index (χ1n) is 15.3. The van der Waals surface area contributed by atoms with Gasteiger partial charge in [0.25, 0.3) is 0 Å². The van der Waals surface area contributed by atoms with Gasteiger partial charge in [-0.25, -0.2) is 0 Å². The maximum absolute atomic E-state index is 2.61. The summed E-state index contributed by atoms with van der Waals surface area (Å²) in [6.07, 6.45) is 3.44. The molecule has 6 aromatic rings. The Morgan fingerprint density at radius 2 is 0.478 bits per heavy atom. The molecule has 0 heterocycles. The first-order valence-corrected chi connectivity index (χ1v) is 19.9. The molecule has 0 nitrogen and oxygen atoms in total. The van der Waals surface area contributed by atoms with Crippen LogP contribution in [0.25, 0.3) is 0 Å². The van der Waals surface area contributed by atoms with Gasteiger partial charge in [-0.1, -0.05) is 189 Å². The van der Waals surface area contributed by atoms with Gasteiger partial charge in [0.1, 0.15) is 0 Å². The van der Waals surface area contributed by atoms with Crippen LogP contribution in [0.5, 0.6) is 0 Å². The minimum absolute atomic E-state index is 0. The summed E-state index contributed by atoms with van der Waals surface area (Å²) in [5, 5.41) is 8.79. The van der Waals surface area contributed by atoms with Crippen LogP contribution >= 0.6 is 23.8 Å². The second-order valence-corrected chi connectivity index (χ2v) is 18.2. The maximum Gasteiger partial charge on any atom is 1.00 e. The average molecular weight is 737 g/mol. The maximum atomic E-state index is 2.61. The number of benzene rings is 6. The van der Waals surface area contributed by atoms with Crippen LogP contribution in [-0.4, -0.2) is 26.9 Å². The Hall–Kier alpha value is -2.70. The van der Waals surface area contributed by atoms with Crippen molar-refractivity contribution in [3.05, 3.63) is 182 Å². The van der Waals surface area contributed by atoms with Gasteiger partial charge in [0, 0.05) is 0 Å². The molecular weight excluding hydrogens is 697 g/mol. The van der Waals surface area contributed by atoms with E-state index in [1.807, 2.05) is 0 Å². The molecule has 6 aromatic carbocycles. The Bertz CT molecular complexity index is 1370. The van der Waals surface area contributed by atoms with Crippen LogP contribution in [0.15, 0.2) is 182 Å². The molecule has 0 fully saturated rings. The predicted octanol–water partition coefficient (Wildman–Crippen LogP) is 8.01. The van der Waals surface area contributed by atoms with Gasteiger partial charge < -0.3 is 8.41 Å². The van der Waals surface area contributed by atoms with Gasteiger partial charge in [-0.05, 0) is 79.5 Å². The van der Waals surface area contributed by atoms with E-state index in [1.54, 1.807) is 0 Å². The Morgan fingerprint density at radius 1 is 0.326 bits per heavy atom. The third kappa shape index (κ3) is 9.44. The summed E-state index contributed by atoms with van der Waals surface area (Å²) in [7, 11) is -1.66. The fourth-order valence-corrected chi connectivity index (χ4v) is 14.6. The van der Waals surface area contributed by atoms with Gasteiger partial charge in [-0.2, -0.15) is 0 Å². The van der Waals surface area contributed by atoms with E-state index in [0.717, 1.165) is 18.5 Å². The normalized spacial score (nSPS) is 11.2. The van der Waals surface area contributed by atoms with Crippen molar-refractivity contribution in [2.24, 2.45) is 5.41 Å². The van der Waals surface area contributed by atoms with Crippen LogP contribution in [0, 0.1) is 5.41 Å². The molecule has 6 rings (SSSR count). The van der Waals surface area contributed by atoms with Crippen LogP contribution in [-0.2, 0) is 19.5 Å². The Balaban J connectivity index is 0.00000240. The molecule has 0 atom stereocenters. The van der Waals surface area contributed by atoms with E-state index in [-0.39, 0.29) is 33.3 Å². The molecule has 0 bridgehead atoms. The van der Waals surface area contributed by atoms with Crippen molar-refractivity contribution in [2.75, 3.05) is 18.5 Å². The summed E-state index contributed by atoms with van der Waals surface area (Å²) in [5.41, 5.74) is 0.0756. The van der Waals surface area contributed by atoms with Gasteiger partial charge in [-0.15, -0.1) is 0 Å². The van der Waals surface area contributed by atoms with Crippen molar-refractivity contribution in [1.29, 1.82) is 0 Å². The smallest absolute Gasteiger partial charge is 1.00 e. The van der Waals surface area contributed by atoms with Crippen molar-refractivity contribution in [3.63, 3.8) is 0 Å². The van der Waals surface area contributed by atoms with E-state index >= 15 is 0 Å². The van der Waals surface area contributed by atoms with Gasteiger partial charge in [0.05, 0.1) is 0 Å². The topological polar surface area (TPSA) is 0 Å². The second-order valence-electron chi connectivity index (χ2n) is 11.6. The van der Waals surface area contributed by atoms with Crippen LogP contribution in [0.1, 0.15) is 6.92 Å². The molecule has 0 unspecified atom stereocenters. The quantitative estimate of drug-likeness (QED) is 0.0883. The second kappa shape index (κ2) is 18.0. The molecule has 0 spiro atoms. The van der Waals surface area contributed by atoms with Crippen LogP contribution in [0.3, 0.4) is 0 Å². The van der Waals surface area contributed by atoms with E-state index < -0.39 is 23.8 Å². The Morgan fingerprint density at radius 3 is 0.630 bits per heavy atom. The molecule has 46 heavy (non-hydrogen) atoms. The number of hydrogen-bond acceptors (Lipinski definition) is 0. The third-order valence-electron chi connectivity index (χ3n) is 8.03. The molecule has 0 saturated heterocycles. The van der Waals surface area contributed by atoms with Crippen LogP contribution in [0.2, 0.25) is 0 Å². The summed E-state index contributed by atoms with van der Waals surface area (Å²) in [6.45, 7) is 2.61. The van der Waals surface area contributed by atoms with Crippen molar-refractivity contribution in [2.45, 2.75) is 6.92 Å². The predicted molar refractivity (Wildman–Crippen MR) is 206 cm³/mol. The number of rotatable bonds is 12. The van der Waals surface area contributed by atoms with E-state index in [2.05, 4.69) is 189 Å². The SMILES string of the molecule is CC(CP(c1ccccc1)c1ccccc1)(CP(c1ccccc1)c1ccccc1)CP(c1ccccc1)c1ccccc1.[B-].[Ru+]. The van der Waals surface area contributed by atoms with Gasteiger partial charge in [-0.3, -0.25) is 0 Å². The molecule has 0 N–H and O–H groups in total. The fraction of sp³-hybridized carbons (Fsp3) is 0.122. The van der Waals surface area contributed by atoms with E-state index in [4.69, 9.17) is 0 Å². The standard InChI is InChI=1S/C41H39P3.B.Ru/c1-41(32-42(35-20-8-2-9-21-35)36-22-10-3-11-23-36,33-43(37-24-12-4-13-25-37)38-26-14-5-15-27-38)34-44(39-28-16-6-17-29-39)40-30-18-7-19-31-40;;/h2-31H,32-34H2,1H3;;/q;-1;+1. The summed E-state index contributed by atoms with van der Waals surface area (Å²) in [5.74, 6) is 0. The zero-order valence-corrected chi connectivity index (χ0v) is 30.6. The summed E-state index contributed by atoms with van der Waals surface area (Å²) in [4.78, 5) is 0. The third-order valence-corrected chi connectivity index (χ3v) is 16.8. The largest absolute Gasteiger partial charge is 1.00 e. The molecule has 0 aliphatic heterocycles. The molecule has 5 radical (unpaired) electrons. The van der Waals surface area contributed by atoms with Crippen LogP contribution < -0.4 is 31.8 Å². The Kier molecular flexibility index (Phi) is 14.1. The molecule has 0 aliphatic carbocycles. The van der Waals surface area contributed by atoms with Crippen LogP contribution in [0.4, 0.5) is 0 Å². The number of hydrogen-bond donors (Lipinski definition) is 0. The van der Waals surface area contributed by atoms with E-state index in [9.17, 15) is 0 Å². The van der Waals surface area contributed by atoms with E-state index in [1.165, 1.54) is 31.8 Å². The van der Waals surface area contributed by atoms with Crippen molar-refractivity contribution >= 4 is 64.0 Å². The van der Waals surface area contributed by atoms with Crippen molar-refractivity contribution in [3.8, 4) is 0 Å². The summed E-state index contributed by atoms with van der Waals surface area (Å²) >= 11 is 0. The zero-order chi connectivity index (χ0) is 30.0. The zero-order valence-electron chi connectivity index (χ0n) is 26.2. The molecule has 229 valence electrons. The molecule has 0 aromatic heterocycles. The minimum Gasteiger partial charge on any atom is -1.00 e. The first-order chi connectivity index (χ1) is 21.7.